The third-order valence-corrected chi connectivity index (χ3v) is 7.32. The van der Waals surface area contributed by atoms with Gasteiger partial charge in [0.15, 0.2) is 5.11 Å². The Morgan fingerprint density at radius 3 is 2.44 bits per heavy atom. The summed E-state index contributed by atoms with van der Waals surface area (Å²) in [6.07, 6.45) is -4.45. The summed E-state index contributed by atoms with van der Waals surface area (Å²) in [6.45, 7) is 1.41. The Morgan fingerprint density at radius 1 is 1.12 bits per heavy atom. The summed E-state index contributed by atoms with van der Waals surface area (Å²) in [5.74, 6) is -0.287. The summed E-state index contributed by atoms with van der Waals surface area (Å²) in [4.78, 5) is 27.2. The maximum atomic E-state index is 13.1. The minimum Gasteiger partial charge on any atom is -0.345 e. The van der Waals surface area contributed by atoms with Crippen molar-refractivity contribution < 1.29 is 22.9 Å². The van der Waals surface area contributed by atoms with Gasteiger partial charge in [-0.25, -0.2) is 0 Å². The average molecular weight is 529 g/mol. The van der Waals surface area contributed by atoms with Crippen molar-refractivity contribution in [1.29, 1.82) is 0 Å². The molecule has 0 atom stereocenters. The van der Waals surface area contributed by atoms with Crippen LogP contribution in [0.4, 0.5) is 24.5 Å². The summed E-state index contributed by atoms with van der Waals surface area (Å²) in [5, 5.41) is 14.9. The molecule has 0 radical (unpaired) electrons. The van der Waals surface area contributed by atoms with Crippen LogP contribution < -0.4 is 5.32 Å². The van der Waals surface area contributed by atoms with E-state index < -0.39 is 16.7 Å². The number of thiophene rings is 1. The number of hydrogen-bond acceptors (Lipinski definition) is 5. The number of halogens is 4. The molecule has 1 amide bonds. The van der Waals surface area contributed by atoms with Crippen molar-refractivity contribution >= 4 is 67.6 Å². The number of piperazine rings is 1. The van der Waals surface area contributed by atoms with Crippen molar-refractivity contribution in [1.82, 2.24) is 9.80 Å². The van der Waals surface area contributed by atoms with Crippen LogP contribution in [0.1, 0.15) is 15.2 Å². The van der Waals surface area contributed by atoms with Gasteiger partial charge in [-0.2, -0.15) is 13.2 Å². The molecule has 1 aliphatic rings. The quantitative estimate of drug-likeness (QED) is 0.269. The lowest BCUT2D eigenvalue weighted by molar-refractivity contribution is -0.384. The minimum absolute atomic E-state index is 0.0835. The van der Waals surface area contributed by atoms with Crippen LogP contribution in [0.15, 0.2) is 42.5 Å². The fraction of sp³-hybridized carbons (Fsp3) is 0.238. The summed E-state index contributed by atoms with van der Waals surface area (Å²) in [6, 6.07) is 9.02. The number of nitrogens with one attached hydrogen (secondary N) is 1. The third kappa shape index (κ3) is 4.93. The van der Waals surface area contributed by atoms with E-state index in [0.717, 1.165) is 23.5 Å². The topological polar surface area (TPSA) is 78.7 Å². The highest BCUT2D eigenvalue weighted by Gasteiger charge is 2.31. The van der Waals surface area contributed by atoms with Crippen LogP contribution >= 0.6 is 35.2 Å². The monoisotopic (exact) mass is 528 g/mol. The van der Waals surface area contributed by atoms with Crippen LogP contribution in [0.5, 0.6) is 0 Å². The number of carbonyl (C=O) groups excluding carboxylic acids is 1. The van der Waals surface area contributed by atoms with E-state index in [-0.39, 0.29) is 27.4 Å². The molecule has 0 unspecified atom stereocenters. The zero-order chi connectivity index (χ0) is 24.6. The van der Waals surface area contributed by atoms with Gasteiger partial charge in [-0.3, -0.25) is 14.9 Å². The first kappa shape index (κ1) is 24.2. The maximum absolute atomic E-state index is 13.1. The van der Waals surface area contributed by atoms with E-state index >= 15 is 0 Å². The number of hydrogen-bond donors (Lipinski definition) is 1. The van der Waals surface area contributed by atoms with Gasteiger partial charge in [0, 0.05) is 54.1 Å². The molecule has 2 aromatic carbocycles. The maximum Gasteiger partial charge on any atom is 0.416 e. The number of non-ortho nitro benzene ring substituents is 1. The molecule has 0 saturated carbocycles. The molecular weight excluding hydrogens is 513 g/mol. The van der Waals surface area contributed by atoms with Crippen molar-refractivity contribution in [3.8, 4) is 0 Å². The van der Waals surface area contributed by atoms with Gasteiger partial charge in [-0.05, 0) is 36.5 Å². The largest absolute Gasteiger partial charge is 0.416 e. The molecule has 0 bridgehead atoms. The van der Waals surface area contributed by atoms with E-state index in [9.17, 15) is 28.1 Å². The minimum atomic E-state index is -4.45. The Morgan fingerprint density at radius 2 is 1.79 bits per heavy atom. The molecule has 1 aromatic heterocycles. The van der Waals surface area contributed by atoms with E-state index in [1.54, 1.807) is 9.80 Å². The van der Waals surface area contributed by atoms with E-state index in [1.807, 2.05) is 0 Å². The standard InChI is InChI=1S/C21H16ClF3N4O3S2/c22-17-15-5-4-14(29(31)32)11-16(15)34-18(17)19(30)27-6-8-28(9-7-27)20(33)26-13-3-1-2-12(10-13)21(23,24)25/h1-5,10-11H,6-9H2,(H,26,33). The number of carbonyl (C=O) groups is 1. The first-order valence-electron chi connectivity index (χ1n) is 9.93. The highest BCUT2D eigenvalue weighted by atomic mass is 35.5. The second-order valence-electron chi connectivity index (χ2n) is 7.47. The fourth-order valence-corrected chi connectivity index (χ4v) is 5.35. The Bertz CT molecular complexity index is 1290. The Balaban J connectivity index is 1.41. The molecule has 1 saturated heterocycles. The number of thiocarbonyl (C=S) groups is 1. The number of alkyl halides is 3. The van der Waals surface area contributed by atoms with Gasteiger partial charge in [-0.1, -0.05) is 17.7 Å². The number of rotatable bonds is 3. The Kier molecular flexibility index (Phi) is 6.65. The van der Waals surface area contributed by atoms with Gasteiger partial charge in [0.25, 0.3) is 11.6 Å². The first-order chi connectivity index (χ1) is 16.0. The molecule has 3 aromatic rings. The summed E-state index contributed by atoms with van der Waals surface area (Å²) in [5.41, 5.74) is -0.634. The molecule has 7 nitrogen and oxygen atoms in total. The van der Waals surface area contributed by atoms with Crippen LogP contribution in [0, 0.1) is 10.1 Å². The Hall–Kier alpha value is -2.96. The zero-order valence-corrected chi connectivity index (χ0v) is 19.7. The van der Waals surface area contributed by atoms with Crippen molar-refractivity contribution in [2.45, 2.75) is 6.18 Å². The summed E-state index contributed by atoms with van der Waals surface area (Å²) >= 11 is 12.8. The average Bonchev–Trinajstić information content (AvgIpc) is 3.14. The SMILES string of the molecule is O=C(c1sc2cc([N+](=O)[O-])ccc2c1Cl)N1CCN(C(=S)Nc2cccc(C(F)(F)F)c2)CC1. The zero-order valence-electron chi connectivity index (χ0n) is 17.3. The van der Waals surface area contributed by atoms with Gasteiger partial charge in [0.05, 0.1) is 15.5 Å². The number of nitrogens with zero attached hydrogens (tertiary/aromatic N) is 3. The molecule has 1 aliphatic heterocycles. The lowest BCUT2D eigenvalue weighted by Gasteiger charge is -2.36. The lowest BCUT2D eigenvalue weighted by atomic mass is 10.2. The predicted octanol–water partition coefficient (Wildman–Crippen LogP) is 5.64. The van der Waals surface area contributed by atoms with E-state index in [0.29, 0.717) is 41.1 Å². The molecule has 0 aliphatic carbocycles. The van der Waals surface area contributed by atoms with Gasteiger partial charge in [0.2, 0.25) is 0 Å². The second-order valence-corrected chi connectivity index (χ2v) is 9.29. The number of nitro groups is 1. The van der Waals surface area contributed by atoms with Crippen LogP contribution in [-0.4, -0.2) is 51.9 Å². The van der Waals surface area contributed by atoms with Gasteiger partial charge in [-0.15, -0.1) is 11.3 Å². The van der Waals surface area contributed by atoms with Crippen molar-refractivity contribution in [2.24, 2.45) is 0 Å². The number of fused-ring (bicyclic) bond motifs is 1. The van der Waals surface area contributed by atoms with E-state index in [2.05, 4.69) is 5.32 Å². The normalized spacial score (nSPS) is 14.4. The summed E-state index contributed by atoms with van der Waals surface area (Å²) < 4.78 is 39.3. The van der Waals surface area contributed by atoms with Crippen molar-refractivity contribution in [3.05, 3.63) is 68.0 Å². The highest BCUT2D eigenvalue weighted by molar-refractivity contribution is 7.80. The van der Waals surface area contributed by atoms with Crippen LogP contribution in [-0.2, 0) is 6.18 Å². The summed E-state index contributed by atoms with van der Waals surface area (Å²) in [7, 11) is 0. The number of amides is 1. The second kappa shape index (κ2) is 9.35. The molecule has 178 valence electrons. The number of benzene rings is 2. The molecule has 34 heavy (non-hydrogen) atoms. The van der Waals surface area contributed by atoms with Crippen LogP contribution in [0.2, 0.25) is 5.02 Å². The Labute approximate surface area is 205 Å². The van der Waals surface area contributed by atoms with Crippen LogP contribution in [0.25, 0.3) is 10.1 Å². The predicted molar refractivity (Wildman–Crippen MR) is 129 cm³/mol. The lowest BCUT2D eigenvalue weighted by Crippen LogP contribution is -2.51. The van der Waals surface area contributed by atoms with Crippen molar-refractivity contribution in [2.75, 3.05) is 31.5 Å². The third-order valence-electron chi connectivity index (χ3n) is 5.31. The molecule has 2 heterocycles. The van der Waals surface area contributed by atoms with Gasteiger partial charge < -0.3 is 15.1 Å². The smallest absolute Gasteiger partial charge is 0.345 e. The van der Waals surface area contributed by atoms with E-state index in [4.69, 9.17) is 23.8 Å². The van der Waals surface area contributed by atoms with Crippen molar-refractivity contribution in [3.63, 3.8) is 0 Å². The molecule has 0 spiro atoms. The fourth-order valence-electron chi connectivity index (χ4n) is 3.54. The molecular formula is C21H16ClF3N4O3S2. The molecule has 13 heteroatoms. The molecule has 1 fully saturated rings. The first-order valence-corrected chi connectivity index (χ1v) is 11.5. The highest BCUT2D eigenvalue weighted by Crippen LogP contribution is 2.38. The van der Waals surface area contributed by atoms with Gasteiger partial charge in [0.1, 0.15) is 4.88 Å². The number of nitro benzene ring substituents is 1. The van der Waals surface area contributed by atoms with Gasteiger partial charge >= 0.3 is 6.18 Å². The van der Waals surface area contributed by atoms with Crippen LogP contribution in [0.3, 0.4) is 0 Å². The molecule has 4 rings (SSSR count). The molecule has 1 N–H and O–H groups in total. The van der Waals surface area contributed by atoms with E-state index in [1.165, 1.54) is 30.3 Å². The number of anilines is 1.